The van der Waals surface area contributed by atoms with E-state index in [0.29, 0.717) is 0 Å². The van der Waals surface area contributed by atoms with E-state index in [1.165, 1.54) is 0 Å². The van der Waals surface area contributed by atoms with Crippen LogP contribution in [0, 0.1) is 0 Å². The molecule has 0 heterocycles. The first-order chi connectivity index (χ1) is 0. The Hall–Kier alpha value is 1.66. The summed E-state index contributed by atoms with van der Waals surface area (Å²) in [4.78, 5) is 0. The minimum absolute atomic E-state index is 0. The molecule has 0 fully saturated rings. The van der Waals surface area contributed by atoms with Crippen molar-refractivity contribution < 1.29 is 33.5 Å². The standard InChI is InChI=1S/Ca.Mn.H2O.2O/h;;1H2;;/q2*+2;;2*-2. The molecule has 0 saturated heterocycles. The van der Waals surface area contributed by atoms with Gasteiger partial charge in [0.15, 0.2) is 0 Å². The molecule has 3 nitrogen and oxygen atoms in total. The fourth-order valence-electron chi connectivity index (χ4n) is 0. The molecule has 0 rings (SSSR count). The van der Waals surface area contributed by atoms with Gasteiger partial charge >= 0.3 is 54.8 Å². The molecule has 0 amide bonds. The summed E-state index contributed by atoms with van der Waals surface area (Å²) >= 11 is 0. The zero-order chi connectivity index (χ0) is 0. The topological polar surface area (TPSA) is 88.5 Å². The second kappa shape index (κ2) is 44.6. The molecule has 0 unspecified atom stereocenters. The van der Waals surface area contributed by atoms with E-state index in [9.17, 15) is 0 Å². The van der Waals surface area contributed by atoms with E-state index in [-0.39, 0.29) is 71.2 Å². The summed E-state index contributed by atoms with van der Waals surface area (Å²) in [5.74, 6) is 0. The molecule has 0 saturated carbocycles. The third-order valence-corrected chi connectivity index (χ3v) is 0. The van der Waals surface area contributed by atoms with Crippen molar-refractivity contribution in [1.82, 2.24) is 0 Å². The molecule has 29 valence electrons. The van der Waals surface area contributed by atoms with Gasteiger partial charge in [-0.05, 0) is 0 Å². The molecule has 2 N–H and O–H groups in total. The van der Waals surface area contributed by atoms with E-state index in [2.05, 4.69) is 0 Å². The first-order valence-electron chi connectivity index (χ1n) is 0. The van der Waals surface area contributed by atoms with Crippen LogP contribution in [-0.2, 0) is 28.0 Å². The molecule has 0 aromatic rings. The molecule has 0 aromatic carbocycles. The molecule has 0 aliphatic rings. The van der Waals surface area contributed by atoms with Crippen molar-refractivity contribution in [3.8, 4) is 0 Å². The summed E-state index contributed by atoms with van der Waals surface area (Å²) in [7, 11) is 0. The Kier molecular flexibility index (Phi) is 691. The fraction of sp³-hybridized carbons (Fsp3) is 0. The second-order valence-corrected chi connectivity index (χ2v) is 0. The maximum Gasteiger partial charge on any atom is 2.00 e. The van der Waals surface area contributed by atoms with Crippen LogP contribution in [0.15, 0.2) is 0 Å². The molecule has 0 aliphatic carbocycles. The van der Waals surface area contributed by atoms with Gasteiger partial charge in [0.05, 0.1) is 0 Å². The molecule has 0 atom stereocenters. The van der Waals surface area contributed by atoms with Crippen LogP contribution in [0.3, 0.4) is 0 Å². The predicted octanol–water partition coefficient (Wildman–Crippen LogP) is -1.45. The van der Waals surface area contributed by atoms with Crippen LogP contribution in [0.25, 0.3) is 0 Å². The molecular weight excluding hydrogens is 143 g/mol. The average Bonchev–Trinajstić information content (AvgIpc) is 0. The van der Waals surface area contributed by atoms with Crippen LogP contribution in [0.2, 0.25) is 0 Å². The number of rotatable bonds is 0. The van der Waals surface area contributed by atoms with E-state index in [4.69, 9.17) is 0 Å². The van der Waals surface area contributed by atoms with Crippen LogP contribution in [0.4, 0.5) is 0 Å². The number of hydrogen-bond acceptors (Lipinski definition) is 0. The van der Waals surface area contributed by atoms with E-state index in [0.717, 1.165) is 0 Å². The number of hydrogen-bond donors (Lipinski definition) is 0. The van der Waals surface area contributed by atoms with Crippen molar-refractivity contribution in [2.45, 2.75) is 0 Å². The summed E-state index contributed by atoms with van der Waals surface area (Å²) < 4.78 is 0. The van der Waals surface area contributed by atoms with Crippen LogP contribution < -0.4 is 0 Å². The molecule has 0 spiro atoms. The maximum absolute atomic E-state index is 0. The minimum atomic E-state index is 0. The summed E-state index contributed by atoms with van der Waals surface area (Å²) in [6.45, 7) is 0. The summed E-state index contributed by atoms with van der Waals surface area (Å²) in [5.41, 5.74) is 0. The van der Waals surface area contributed by atoms with Crippen LogP contribution in [-0.4, -0.2) is 43.2 Å². The third-order valence-electron chi connectivity index (χ3n) is 0. The maximum atomic E-state index is 0. The molecule has 0 aromatic heterocycles. The first-order valence-corrected chi connectivity index (χ1v) is 0. The summed E-state index contributed by atoms with van der Waals surface area (Å²) in [6, 6.07) is 0. The zero-order valence-electron chi connectivity index (χ0n) is 2.40. The van der Waals surface area contributed by atoms with Gasteiger partial charge in [-0.2, -0.15) is 0 Å². The summed E-state index contributed by atoms with van der Waals surface area (Å²) in [5, 5.41) is 0. The van der Waals surface area contributed by atoms with Gasteiger partial charge in [0.25, 0.3) is 0 Å². The smallest absolute Gasteiger partial charge is 2.00 e. The predicted molar refractivity (Wildman–Crippen MR) is 10.7 cm³/mol. The van der Waals surface area contributed by atoms with Crippen molar-refractivity contribution in [2.75, 3.05) is 0 Å². The van der Waals surface area contributed by atoms with E-state index >= 15 is 0 Å². The van der Waals surface area contributed by atoms with Gasteiger partial charge in [-0.25, -0.2) is 0 Å². The van der Waals surface area contributed by atoms with Crippen LogP contribution in [0.5, 0.6) is 0 Å². The zero-order valence-corrected chi connectivity index (χ0v) is 5.79. The SMILES string of the molecule is O.[Ca+2].[Mn+2].[O-2].[O-2]. The van der Waals surface area contributed by atoms with Gasteiger partial charge in [0, 0.05) is 0 Å². The van der Waals surface area contributed by atoms with Gasteiger partial charge in [0.1, 0.15) is 0 Å². The second-order valence-electron chi connectivity index (χ2n) is 0. The van der Waals surface area contributed by atoms with Gasteiger partial charge < -0.3 is 16.4 Å². The van der Waals surface area contributed by atoms with Crippen molar-refractivity contribution in [3.63, 3.8) is 0 Å². The van der Waals surface area contributed by atoms with Crippen LogP contribution >= 0.6 is 0 Å². The Morgan fingerprint density at radius 2 is 0.800 bits per heavy atom. The Morgan fingerprint density at radius 3 is 0.800 bits per heavy atom. The molecule has 5 heteroatoms. The van der Waals surface area contributed by atoms with E-state index in [1.807, 2.05) is 0 Å². The van der Waals surface area contributed by atoms with Crippen LogP contribution in [0.1, 0.15) is 0 Å². The molecular formula is H2CaMnO3. The largest absolute Gasteiger partial charge is 2.00 e. The Balaban J connectivity index is 0. The monoisotopic (exact) mass is 145 g/mol. The van der Waals surface area contributed by atoms with Gasteiger partial charge in [-0.15, -0.1) is 0 Å². The Labute approximate surface area is 70.5 Å². The molecule has 0 bridgehead atoms. The van der Waals surface area contributed by atoms with Gasteiger partial charge in [-0.3, -0.25) is 0 Å². The van der Waals surface area contributed by atoms with Crippen molar-refractivity contribution in [1.29, 1.82) is 0 Å². The summed E-state index contributed by atoms with van der Waals surface area (Å²) in [6.07, 6.45) is 0. The minimum Gasteiger partial charge on any atom is -2.00 e. The van der Waals surface area contributed by atoms with Crippen molar-refractivity contribution >= 4 is 37.7 Å². The fourth-order valence-corrected chi connectivity index (χ4v) is 0. The van der Waals surface area contributed by atoms with E-state index in [1.54, 1.807) is 0 Å². The van der Waals surface area contributed by atoms with Crippen molar-refractivity contribution in [2.24, 2.45) is 0 Å². The third kappa shape index (κ3) is 27.5. The van der Waals surface area contributed by atoms with Crippen molar-refractivity contribution in [3.05, 3.63) is 0 Å². The van der Waals surface area contributed by atoms with E-state index < -0.39 is 0 Å². The molecule has 1 radical (unpaired) electrons. The molecule has 5 heavy (non-hydrogen) atoms. The average molecular weight is 145 g/mol. The first kappa shape index (κ1) is 77.5. The van der Waals surface area contributed by atoms with Gasteiger partial charge in [-0.1, -0.05) is 0 Å². The van der Waals surface area contributed by atoms with Gasteiger partial charge in [0.2, 0.25) is 0 Å². The normalized spacial score (nSPS) is 0. The Bertz CT molecular complexity index is 6.85. The molecule has 0 aliphatic heterocycles. The quantitative estimate of drug-likeness (QED) is 0.373. The Morgan fingerprint density at radius 1 is 0.800 bits per heavy atom.